The van der Waals surface area contributed by atoms with Gasteiger partial charge in [0.25, 0.3) is 0 Å². The lowest BCUT2D eigenvalue weighted by Gasteiger charge is -2.22. The molecule has 4 rings (SSSR count). The number of benzene rings is 2. The number of fused-ring (bicyclic) bond motifs is 1. The topological polar surface area (TPSA) is 75.3 Å². The molecule has 0 amide bonds. The lowest BCUT2D eigenvalue weighted by atomic mass is 9.84. The minimum absolute atomic E-state index is 0.0733. The average molecular weight is 412 g/mol. The number of phenolic OH excluding ortho intramolecular Hbond substituents is 1. The van der Waals surface area contributed by atoms with Crippen molar-refractivity contribution in [2.45, 2.75) is 39.0 Å². The van der Waals surface area contributed by atoms with Gasteiger partial charge in [-0.05, 0) is 40.8 Å². The zero-order chi connectivity index (χ0) is 20.8. The van der Waals surface area contributed by atoms with Crippen LogP contribution in [0.5, 0.6) is 5.75 Å². The van der Waals surface area contributed by atoms with Crippen molar-refractivity contribution in [1.29, 1.82) is 0 Å². The largest absolute Gasteiger partial charge is 0.508 e. The third kappa shape index (κ3) is 3.80. The Bertz CT molecular complexity index is 1180. The summed E-state index contributed by atoms with van der Waals surface area (Å²) in [5, 5.41) is 27.1. The van der Waals surface area contributed by atoms with E-state index < -0.39 is 0 Å². The summed E-state index contributed by atoms with van der Waals surface area (Å²) >= 11 is 1.35. The Balaban J connectivity index is 1.67. The molecule has 4 aromatic rings. The van der Waals surface area contributed by atoms with E-state index >= 15 is 0 Å². The normalized spacial score (nSPS) is 13.0. The summed E-state index contributed by atoms with van der Waals surface area (Å²) < 4.78 is 15.1. The number of nitrogens with one attached hydrogen (secondary N) is 1. The predicted molar refractivity (Wildman–Crippen MR) is 113 cm³/mol. The first-order chi connectivity index (χ1) is 13.7. The lowest BCUT2D eigenvalue weighted by molar-refractivity contribution is 0.446. The van der Waals surface area contributed by atoms with Gasteiger partial charge in [-0.15, -0.1) is 15.3 Å². The van der Waals surface area contributed by atoms with Crippen LogP contribution < -0.4 is 5.32 Å². The second-order valence-electron chi connectivity index (χ2n) is 8.04. The van der Waals surface area contributed by atoms with Crippen LogP contribution in [0.4, 0.5) is 15.2 Å². The number of hydrogen-bond donors (Lipinski definition) is 2. The smallest absolute Gasteiger partial charge is 0.236 e. The minimum atomic E-state index is -0.311. The molecule has 0 spiro atoms. The summed E-state index contributed by atoms with van der Waals surface area (Å²) in [6, 6.07) is 11.9. The lowest BCUT2D eigenvalue weighted by Crippen LogP contribution is -2.13. The fourth-order valence-electron chi connectivity index (χ4n) is 3.22. The highest BCUT2D eigenvalue weighted by Gasteiger charge is 2.23. The van der Waals surface area contributed by atoms with Gasteiger partial charge < -0.3 is 10.4 Å². The first-order valence-corrected chi connectivity index (χ1v) is 10.1. The average Bonchev–Trinajstić information content (AvgIpc) is 3.20. The van der Waals surface area contributed by atoms with Crippen molar-refractivity contribution in [1.82, 2.24) is 19.8 Å². The molecule has 0 fully saturated rings. The highest BCUT2D eigenvalue weighted by atomic mass is 32.1. The van der Waals surface area contributed by atoms with E-state index in [9.17, 15) is 9.50 Å². The maximum Gasteiger partial charge on any atom is 0.236 e. The Labute approximate surface area is 172 Å². The number of aromatic hydroxyl groups is 1. The van der Waals surface area contributed by atoms with Gasteiger partial charge in [0.15, 0.2) is 5.82 Å². The molecule has 1 atom stereocenters. The van der Waals surface area contributed by atoms with Crippen LogP contribution in [0, 0.1) is 5.82 Å². The maximum atomic E-state index is 13.4. The molecule has 2 aromatic heterocycles. The van der Waals surface area contributed by atoms with Crippen LogP contribution in [0.25, 0.3) is 4.96 Å². The third-order valence-corrected chi connectivity index (χ3v) is 5.62. The molecule has 2 N–H and O–H groups in total. The fraction of sp³-hybridized carbons (Fsp3) is 0.286. The standard InChI is InChI=1S/C21H22FN5OS/c1-12(13-8-9-17(28)16(10-13)21(2,3)4)18-24-25-20-27(18)26-19(29-20)23-15-7-5-6-14(22)11-15/h5-12,28H,1-4H3,(H,23,26)/t12-/m0/s1. The van der Waals surface area contributed by atoms with E-state index in [1.807, 2.05) is 19.1 Å². The van der Waals surface area contributed by atoms with Crippen molar-refractivity contribution in [3.63, 3.8) is 0 Å². The van der Waals surface area contributed by atoms with Gasteiger partial charge in [0.2, 0.25) is 10.1 Å². The molecule has 8 heteroatoms. The molecule has 0 bridgehead atoms. The molecule has 29 heavy (non-hydrogen) atoms. The summed E-state index contributed by atoms with van der Waals surface area (Å²) in [6.07, 6.45) is 0. The van der Waals surface area contributed by atoms with Gasteiger partial charge in [-0.3, -0.25) is 0 Å². The highest BCUT2D eigenvalue weighted by Crippen LogP contribution is 2.35. The molecule has 0 unspecified atom stereocenters. The van der Waals surface area contributed by atoms with Crippen molar-refractivity contribution in [2.75, 3.05) is 5.32 Å². The number of aromatic nitrogens is 4. The zero-order valence-corrected chi connectivity index (χ0v) is 17.5. The Morgan fingerprint density at radius 1 is 1.14 bits per heavy atom. The van der Waals surface area contributed by atoms with Gasteiger partial charge in [0.05, 0.1) is 0 Å². The van der Waals surface area contributed by atoms with Crippen LogP contribution in [0.15, 0.2) is 42.5 Å². The molecule has 150 valence electrons. The predicted octanol–water partition coefficient (Wildman–Crippen LogP) is 5.22. The van der Waals surface area contributed by atoms with E-state index in [4.69, 9.17) is 0 Å². The number of anilines is 2. The Morgan fingerprint density at radius 3 is 2.66 bits per heavy atom. The summed E-state index contributed by atoms with van der Waals surface area (Å²) in [6.45, 7) is 8.23. The van der Waals surface area contributed by atoms with Crippen LogP contribution in [-0.4, -0.2) is 24.9 Å². The number of hydrogen-bond acceptors (Lipinski definition) is 6. The second kappa shape index (κ2) is 7.11. The van der Waals surface area contributed by atoms with Gasteiger partial charge in [0.1, 0.15) is 11.6 Å². The molecule has 0 aliphatic carbocycles. The second-order valence-corrected chi connectivity index (χ2v) is 9.00. The summed E-state index contributed by atoms with van der Waals surface area (Å²) in [4.78, 5) is 0.653. The summed E-state index contributed by atoms with van der Waals surface area (Å²) in [5.74, 6) is 0.606. The number of rotatable bonds is 4. The van der Waals surface area contributed by atoms with E-state index in [2.05, 4.69) is 41.4 Å². The van der Waals surface area contributed by atoms with E-state index in [1.54, 1.807) is 22.7 Å². The maximum absolute atomic E-state index is 13.4. The fourth-order valence-corrected chi connectivity index (χ4v) is 3.98. The van der Waals surface area contributed by atoms with Crippen molar-refractivity contribution >= 4 is 27.1 Å². The molecule has 0 saturated heterocycles. The van der Waals surface area contributed by atoms with E-state index in [-0.39, 0.29) is 22.9 Å². The Kier molecular flexibility index (Phi) is 4.74. The van der Waals surface area contributed by atoms with E-state index in [0.29, 0.717) is 21.6 Å². The Hall–Kier alpha value is -3.00. The van der Waals surface area contributed by atoms with Crippen molar-refractivity contribution in [3.8, 4) is 5.75 Å². The molecule has 6 nitrogen and oxygen atoms in total. The van der Waals surface area contributed by atoms with Gasteiger partial charge in [0, 0.05) is 11.6 Å². The zero-order valence-electron chi connectivity index (χ0n) is 16.6. The van der Waals surface area contributed by atoms with Gasteiger partial charge in [-0.2, -0.15) is 4.52 Å². The van der Waals surface area contributed by atoms with Gasteiger partial charge in [-0.25, -0.2) is 4.39 Å². The molecule has 0 saturated carbocycles. The van der Waals surface area contributed by atoms with Crippen molar-refractivity contribution < 1.29 is 9.50 Å². The molecular weight excluding hydrogens is 389 g/mol. The first kappa shape index (κ1) is 19.3. The molecule has 0 aliphatic heterocycles. The van der Waals surface area contributed by atoms with Crippen LogP contribution in [0.2, 0.25) is 0 Å². The summed E-state index contributed by atoms with van der Waals surface area (Å²) in [7, 11) is 0. The van der Waals surface area contributed by atoms with E-state index in [0.717, 1.165) is 11.1 Å². The van der Waals surface area contributed by atoms with Gasteiger partial charge in [-0.1, -0.05) is 57.2 Å². The monoisotopic (exact) mass is 411 g/mol. The van der Waals surface area contributed by atoms with Crippen molar-refractivity contribution in [3.05, 3.63) is 65.2 Å². The van der Waals surface area contributed by atoms with Crippen LogP contribution in [0.1, 0.15) is 50.6 Å². The molecule has 2 aromatic carbocycles. The number of phenols is 1. The molecule has 2 heterocycles. The van der Waals surface area contributed by atoms with E-state index in [1.165, 1.54) is 23.5 Å². The van der Waals surface area contributed by atoms with Crippen molar-refractivity contribution in [2.24, 2.45) is 0 Å². The van der Waals surface area contributed by atoms with Crippen LogP contribution in [-0.2, 0) is 5.41 Å². The van der Waals surface area contributed by atoms with Gasteiger partial charge >= 0.3 is 0 Å². The van der Waals surface area contributed by atoms with Crippen LogP contribution in [0.3, 0.4) is 0 Å². The highest BCUT2D eigenvalue weighted by molar-refractivity contribution is 7.20. The number of halogens is 1. The summed E-state index contributed by atoms with van der Waals surface area (Å²) in [5.41, 5.74) is 2.35. The first-order valence-electron chi connectivity index (χ1n) is 9.30. The van der Waals surface area contributed by atoms with Crippen LogP contribution >= 0.6 is 11.3 Å². The SMILES string of the molecule is C[C@@H](c1ccc(O)c(C(C)(C)C)c1)c1nnc2sc(Nc3cccc(F)c3)nn12. The Morgan fingerprint density at radius 2 is 1.93 bits per heavy atom. The number of nitrogens with zero attached hydrogens (tertiary/aromatic N) is 4. The molecule has 0 radical (unpaired) electrons. The minimum Gasteiger partial charge on any atom is -0.508 e. The molecular formula is C21H22FN5OS. The quantitative estimate of drug-likeness (QED) is 0.481. The third-order valence-electron chi connectivity index (χ3n) is 4.81. The molecule has 0 aliphatic rings.